The van der Waals surface area contributed by atoms with Gasteiger partial charge >= 0.3 is 5.97 Å². The fourth-order valence-electron chi connectivity index (χ4n) is 1.68. The molecule has 0 spiro atoms. The van der Waals surface area contributed by atoms with E-state index >= 15 is 0 Å². The van der Waals surface area contributed by atoms with E-state index in [2.05, 4.69) is 13.8 Å². The van der Waals surface area contributed by atoms with E-state index in [0.717, 1.165) is 12.0 Å². The van der Waals surface area contributed by atoms with Crippen LogP contribution in [0.1, 0.15) is 45.1 Å². The van der Waals surface area contributed by atoms with Gasteiger partial charge in [-0.15, -0.1) is 0 Å². The standard InChI is InChI=1S/C14H20O3/c1-4-10(3)11-8-6-7-9-13(11)17-12(5-2)14(15)16/h6-10,12H,4-5H2,1-3H3,(H,15,16)/t10-,12-/m0/s1. The van der Waals surface area contributed by atoms with Crippen LogP contribution in [-0.4, -0.2) is 17.2 Å². The maximum absolute atomic E-state index is 11.0. The molecule has 1 N–H and O–H groups in total. The summed E-state index contributed by atoms with van der Waals surface area (Å²) in [5, 5.41) is 9.00. The van der Waals surface area contributed by atoms with Crippen molar-refractivity contribution in [1.82, 2.24) is 0 Å². The zero-order valence-electron chi connectivity index (χ0n) is 10.6. The van der Waals surface area contributed by atoms with Crippen molar-refractivity contribution in [3.8, 4) is 5.75 Å². The average molecular weight is 236 g/mol. The fourth-order valence-corrected chi connectivity index (χ4v) is 1.68. The molecule has 0 aliphatic rings. The zero-order valence-corrected chi connectivity index (χ0v) is 10.6. The van der Waals surface area contributed by atoms with Crippen molar-refractivity contribution in [2.24, 2.45) is 0 Å². The molecule has 1 rings (SSSR count). The molecule has 3 heteroatoms. The summed E-state index contributed by atoms with van der Waals surface area (Å²) in [4.78, 5) is 11.0. The number of carboxylic acids is 1. The second-order valence-electron chi connectivity index (χ2n) is 4.20. The quantitative estimate of drug-likeness (QED) is 0.823. The first-order valence-corrected chi connectivity index (χ1v) is 6.08. The summed E-state index contributed by atoms with van der Waals surface area (Å²) in [6, 6.07) is 7.66. The van der Waals surface area contributed by atoms with Gasteiger partial charge in [-0.3, -0.25) is 0 Å². The van der Waals surface area contributed by atoms with Gasteiger partial charge in [0, 0.05) is 0 Å². The minimum atomic E-state index is -0.911. The molecule has 0 aliphatic carbocycles. The molecule has 0 bridgehead atoms. The number of aliphatic carboxylic acids is 1. The largest absolute Gasteiger partial charge is 0.479 e. The van der Waals surface area contributed by atoms with Crippen molar-refractivity contribution < 1.29 is 14.6 Å². The summed E-state index contributed by atoms with van der Waals surface area (Å²) in [5.41, 5.74) is 1.08. The molecule has 0 fully saturated rings. The lowest BCUT2D eigenvalue weighted by molar-refractivity contribution is -0.145. The van der Waals surface area contributed by atoms with Crippen LogP contribution < -0.4 is 4.74 Å². The number of carbonyl (C=O) groups is 1. The highest BCUT2D eigenvalue weighted by Crippen LogP contribution is 2.29. The van der Waals surface area contributed by atoms with Gasteiger partial charge in [0.25, 0.3) is 0 Å². The first-order valence-electron chi connectivity index (χ1n) is 6.08. The minimum absolute atomic E-state index is 0.373. The number of benzene rings is 1. The van der Waals surface area contributed by atoms with Crippen LogP contribution in [0.5, 0.6) is 5.75 Å². The number of rotatable bonds is 6. The summed E-state index contributed by atoms with van der Waals surface area (Å²) in [7, 11) is 0. The highest BCUT2D eigenvalue weighted by atomic mass is 16.5. The van der Waals surface area contributed by atoms with Gasteiger partial charge in [-0.25, -0.2) is 4.79 Å². The van der Waals surface area contributed by atoms with Crippen molar-refractivity contribution in [3.63, 3.8) is 0 Å². The van der Waals surface area contributed by atoms with Gasteiger partial charge in [0.1, 0.15) is 5.75 Å². The van der Waals surface area contributed by atoms with E-state index in [-0.39, 0.29) is 0 Å². The monoisotopic (exact) mass is 236 g/mol. The number of ether oxygens (including phenoxy) is 1. The van der Waals surface area contributed by atoms with Gasteiger partial charge in [-0.05, 0) is 30.4 Å². The van der Waals surface area contributed by atoms with Crippen LogP contribution in [0.15, 0.2) is 24.3 Å². The molecule has 0 saturated heterocycles. The summed E-state index contributed by atoms with van der Waals surface area (Å²) in [6.07, 6.45) is 0.703. The highest BCUT2D eigenvalue weighted by Gasteiger charge is 2.19. The molecule has 17 heavy (non-hydrogen) atoms. The smallest absolute Gasteiger partial charge is 0.344 e. The Hall–Kier alpha value is -1.51. The maximum Gasteiger partial charge on any atom is 0.344 e. The molecule has 0 heterocycles. The third-order valence-electron chi connectivity index (χ3n) is 2.98. The van der Waals surface area contributed by atoms with Crippen molar-refractivity contribution in [3.05, 3.63) is 29.8 Å². The lowest BCUT2D eigenvalue weighted by Crippen LogP contribution is -2.26. The van der Waals surface area contributed by atoms with Crippen LogP contribution >= 0.6 is 0 Å². The van der Waals surface area contributed by atoms with E-state index in [1.54, 1.807) is 0 Å². The van der Waals surface area contributed by atoms with Crippen molar-refractivity contribution >= 4 is 5.97 Å². The predicted molar refractivity (Wildman–Crippen MR) is 67.5 cm³/mol. The van der Waals surface area contributed by atoms with Crippen LogP contribution in [0.3, 0.4) is 0 Å². The molecule has 1 aromatic carbocycles. The number of para-hydroxylation sites is 1. The Morgan fingerprint density at radius 3 is 2.47 bits per heavy atom. The second kappa shape index (κ2) is 6.28. The molecule has 0 unspecified atom stereocenters. The van der Waals surface area contributed by atoms with E-state index in [4.69, 9.17) is 9.84 Å². The molecule has 0 radical (unpaired) electrons. The van der Waals surface area contributed by atoms with Crippen LogP contribution in [0.4, 0.5) is 0 Å². The van der Waals surface area contributed by atoms with E-state index in [0.29, 0.717) is 18.1 Å². The predicted octanol–water partition coefficient (Wildman–Crippen LogP) is 3.44. The van der Waals surface area contributed by atoms with Crippen LogP contribution in [0.25, 0.3) is 0 Å². The third-order valence-corrected chi connectivity index (χ3v) is 2.98. The molecule has 0 aliphatic heterocycles. The van der Waals surface area contributed by atoms with Crippen LogP contribution in [0, 0.1) is 0 Å². The Labute approximate surface area is 102 Å². The Morgan fingerprint density at radius 1 is 1.29 bits per heavy atom. The molecular weight excluding hydrogens is 216 g/mol. The molecule has 3 nitrogen and oxygen atoms in total. The van der Waals surface area contributed by atoms with E-state index < -0.39 is 12.1 Å². The van der Waals surface area contributed by atoms with E-state index in [1.807, 2.05) is 31.2 Å². The Morgan fingerprint density at radius 2 is 1.94 bits per heavy atom. The second-order valence-corrected chi connectivity index (χ2v) is 4.20. The lowest BCUT2D eigenvalue weighted by atomic mass is 9.98. The van der Waals surface area contributed by atoms with Gasteiger partial charge < -0.3 is 9.84 Å². The van der Waals surface area contributed by atoms with Crippen LogP contribution in [0.2, 0.25) is 0 Å². The summed E-state index contributed by atoms with van der Waals surface area (Å²) >= 11 is 0. The molecule has 2 atom stereocenters. The first-order chi connectivity index (χ1) is 8.10. The Kier molecular flexibility index (Phi) is 5.01. The van der Waals surface area contributed by atoms with Crippen LogP contribution in [-0.2, 0) is 4.79 Å². The Bertz CT molecular complexity index is 373. The van der Waals surface area contributed by atoms with E-state index in [1.165, 1.54) is 0 Å². The summed E-state index contributed by atoms with van der Waals surface area (Å²) in [5.74, 6) is 0.153. The Balaban J connectivity index is 2.93. The van der Waals surface area contributed by atoms with Gasteiger partial charge in [0.2, 0.25) is 0 Å². The van der Waals surface area contributed by atoms with Gasteiger partial charge in [-0.1, -0.05) is 39.0 Å². The molecular formula is C14H20O3. The molecule has 1 aromatic rings. The normalized spacial score (nSPS) is 14.1. The fraction of sp³-hybridized carbons (Fsp3) is 0.500. The summed E-state index contributed by atoms with van der Waals surface area (Å²) in [6.45, 7) is 6.03. The first kappa shape index (κ1) is 13.6. The topological polar surface area (TPSA) is 46.5 Å². The molecule has 0 saturated carbocycles. The SMILES string of the molecule is CC[C@H](Oc1ccccc1[C@@H](C)CC)C(=O)O. The van der Waals surface area contributed by atoms with Crippen molar-refractivity contribution in [2.45, 2.75) is 45.6 Å². The maximum atomic E-state index is 11.0. The molecule has 94 valence electrons. The number of hydrogen-bond donors (Lipinski definition) is 1. The lowest BCUT2D eigenvalue weighted by Gasteiger charge is -2.19. The number of hydrogen-bond acceptors (Lipinski definition) is 2. The highest BCUT2D eigenvalue weighted by molar-refractivity contribution is 5.72. The van der Waals surface area contributed by atoms with Gasteiger partial charge in [0.15, 0.2) is 6.10 Å². The van der Waals surface area contributed by atoms with Crippen molar-refractivity contribution in [1.29, 1.82) is 0 Å². The molecule has 0 aromatic heterocycles. The van der Waals surface area contributed by atoms with Gasteiger partial charge in [0.05, 0.1) is 0 Å². The molecule has 0 amide bonds. The van der Waals surface area contributed by atoms with Crippen molar-refractivity contribution in [2.75, 3.05) is 0 Å². The average Bonchev–Trinajstić information content (AvgIpc) is 2.35. The zero-order chi connectivity index (χ0) is 12.8. The number of carboxylic acid groups (broad SMARTS) is 1. The minimum Gasteiger partial charge on any atom is -0.479 e. The summed E-state index contributed by atoms with van der Waals surface area (Å²) < 4.78 is 5.58. The van der Waals surface area contributed by atoms with Gasteiger partial charge in [-0.2, -0.15) is 0 Å². The third kappa shape index (κ3) is 3.48. The van der Waals surface area contributed by atoms with E-state index in [9.17, 15) is 4.79 Å².